The maximum Gasteiger partial charge on any atom is 0.410 e. The van der Waals surface area contributed by atoms with Gasteiger partial charge < -0.3 is 24.2 Å². The Bertz CT molecular complexity index is 1200. The van der Waals surface area contributed by atoms with Crippen LogP contribution in [0.25, 0.3) is 0 Å². The zero-order chi connectivity index (χ0) is 23.9. The molecule has 7 nitrogen and oxygen atoms in total. The van der Waals surface area contributed by atoms with Gasteiger partial charge in [0.25, 0.3) is 0 Å². The third kappa shape index (κ3) is 4.99. The Morgan fingerprint density at radius 3 is 2.42 bits per heavy atom. The molecular weight excluding hydrogens is 504 g/mol. The fourth-order valence-electron chi connectivity index (χ4n) is 3.90. The summed E-state index contributed by atoms with van der Waals surface area (Å²) in [7, 11) is 5.49. The van der Waals surface area contributed by atoms with Crippen LogP contribution in [0.3, 0.4) is 0 Å². The number of rotatable bonds is 3. The van der Waals surface area contributed by atoms with Gasteiger partial charge in [-0.15, -0.1) is 0 Å². The number of benzene rings is 2. The number of carbonyl (C=O) groups excluding carboxylic acids is 1. The normalized spacial score (nSPS) is 17.6. The minimum absolute atomic E-state index is 0.256. The Balaban J connectivity index is 1.64. The quantitative estimate of drug-likeness (QED) is 0.520. The van der Waals surface area contributed by atoms with Crippen molar-refractivity contribution < 1.29 is 14.3 Å². The standard InChI is InChI=1S/C24H31BrN4O3S/c1-24(2,3)32-23(30)29-11-9-28(10-12-29)19-15-22-18(14-20(19)31-6)26-17-8-7-16(27(4)5)13-21(17)33(22)25/h7-8,13-15H,9-12H2,1-6H3. The van der Waals surface area contributed by atoms with Gasteiger partial charge in [0.05, 0.1) is 23.8 Å². The number of fused-ring (bicyclic) bond motifs is 2. The Morgan fingerprint density at radius 1 is 1.12 bits per heavy atom. The number of hydrogen-bond acceptors (Lipinski definition) is 6. The van der Waals surface area contributed by atoms with Crippen LogP contribution >= 0.6 is 23.7 Å². The number of hydrogen-bond donors (Lipinski definition) is 0. The summed E-state index contributed by atoms with van der Waals surface area (Å²) in [5, 5.41) is 0.981. The summed E-state index contributed by atoms with van der Waals surface area (Å²) in [4.78, 5) is 24.7. The summed E-state index contributed by atoms with van der Waals surface area (Å²) in [6.45, 7) is 8.30. The second kappa shape index (κ2) is 9.18. The fourth-order valence-corrected chi connectivity index (χ4v) is 6.72. The lowest BCUT2D eigenvalue weighted by atomic mass is 10.2. The van der Waals surface area contributed by atoms with Gasteiger partial charge in [-0.3, -0.25) is 0 Å². The Kier molecular flexibility index (Phi) is 6.64. The molecule has 178 valence electrons. The number of piperazine rings is 1. The first-order valence-corrected chi connectivity index (χ1v) is 14.0. The second-order valence-corrected chi connectivity index (χ2v) is 12.7. The summed E-state index contributed by atoms with van der Waals surface area (Å²) >= 11 is 3.95. The van der Waals surface area contributed by atoms with Gasteiger partial charge >= 0.3 is 6.09 Å². The number of nitrogens with zero attached hydrogens (tertiary/aromatic N) is 4. The van der Waals surface area contributed by atoms with E-state index in [0.717, 1.165) is 33.1 Å². The van der Waals surface area contributed by atoms with E-state index in [2.05, 4.69) is 48.9 Å². The van der Waals surface area contributed by atoms with Crippen LogP contribution in [0.15, 0.2) is 40.2 Å². The molecule has 1 saturated heterocycles. The molecule has 2 aromatic rings. The molecule has 4 rings (SSSR count). The Labute approximate surface area is 205 Å². The van der Waals surface area contributed by atoms with E-state index in [1.165, 1.54) is 4.51 Å². The molecule has 9 heteroatoms. The summed E-state index contributed by atoms with van der Waals surface area (Å²) < 4.78 is 12.5. The lowest BCUT2D eigenvalue weighted by Crippen LogP contribution is -2.50. The zero-order valence-electron chi connectivity index (χ0n) is 20.0. The minimum Gasteiger partial charge on any atom is -0.495 e. The van der Waals surface area contributed by atoms with Crippen LogP contribution in [0.5, 0.6) is 5.75 Å². The number of carbonyl (C=O) groups is 1. The van der Waals surface area contributed by atoms with Crippen molar-refractivity contribution in [2.45, 2.75) is 31.3 Å². The number of ether oxygens (including phenoxy) is 2. The van der Waals surface area contributed by atoms with Crippen LogP contribution < -0.4 is 19.9 Å². The average molecular weight is 536 g/mol. The molecule has 0 aromatic heterocycles. The van der Waals surface area contributed by atoms with E-state index in [9.17, 15) is 4.79 Å². The van der Waals surface area contributed by atoms with Crippen LogP contribution in [0.1, 0.15) is 20.8 Å². The van der Waals surface area contributed by atoms with E-state index >= 15 is 0 Å². The predicted molar refractivity (Wildman–Crippen MR) is 138 cm³/mol. The summed E-state index contributed by atoms with van der Waals surface area (Å²) in [5.41, 5.74) is 2.61. The molecule has 0 spiro atoms. The topological polar surface area (TPSA) is 57.6 Å². The van der Waals surface area contributed by atoms with Crippen molar-refractivity contribution >= 4 is 46.9 Å². The third-order valence-electron chi connectivity index (χ3n) is 5.62. The molecular formula is C24H31BrN4O3S. The highest BCUT2D eigenvalue weighted by Crippen LogP contribution is 2.48. The van der Waals surface area contributed by atoms with Crippen molar-refractivity contribution in [1.29, 1.82) is 0 Å². The molecule has 2 aromatic carbocycles. The van der Waals surface area contributed by atoms with Crippen LogP contribution in [-0.4, -0.2) is 64.0 Å². The smallest absolute Gasteiger partial charge is 0.410 e. The molecule has 1 unspecified atom stereocenters. The molecule has 0 N–H and O–H groups in total. The first-order valence-electron chi connectivity index (χ1n) is 11.0. The molecule has 1 fully saturated rings. The highest BCUT2D eigenvalue weighted by Gasteiger charge is 2.28. The fraction of sp³-hybridized carbons (Fsp3) is 0.458. The Morgan fingerprint density at radius 2 is 1.82 bits per heavy atom. The first-order chi connectivity index (χ1) is 15.6. The van der Waals surface area contributed by atoms with Crippen molar-refractivity contribution in [1.82, 2.24) is 4.90 Å². The largest absolute Gasteiger partial charge is 0.495 e. The van der Waals surface area contributed by atoms with Crippen molar-refractivity contribution in [2.75, 3.05) is 57.2 Å². The average Bonchev–Trinajstić information content (AvgIpc) is 2.77. The molecule has 33 heavy (non-hydrogen) atoms. The van der Waals surface area contributed by atoms with Gasteiger partial charge in [0.2, 0.25) is 0 Å². The molecule has 0 bridgehead atoms. The van der Waals surface area contributed by atoms with E-state index in [0.29, 0.717) is 26.2 Å². The van der Waals surface area contributed by atoms with Gasteiger partial charge in [0.15, 0.2) is 0 Å². The second-order valence-electron chi connectivity index (χ2n) is 9.36. The van der Waals surface area contributed by atoms with Crippen molar-refractivity contribution in [3.05, 3.63) is 40.2 Å². The van der Waals surface area contributed by atoms with Gasteiger partial charge in [0, 0.05) is 61.4 Å². The molecule has 2 aliphatic heterocycles. The van der Waals surface area contributed by atoms with E-state index in [-0.39, 0.29) is 15.0 Å². The van der Waals surface area contributed by atoms with E-state index < -0.39 is 5.60 Å². The monoisotopic (exact) mass is 534 g/mol. The van der Waals surface area contributed by atoms with E-state index in [1.54, 1.807) is 12.0 Å². The minimum atomic E-state index is -0.492. The molecule has 1 atom stereocenters. The van der Waals surface area contributed by atoms with Gasteiger partial charge in [-0.1, -0.05) is 8.92 Å². The van der Waals surface area contributed by atoms with Crippen molar-refractivity contribution in [3.63, 3.8) is 0 Å². The predicted octanol–water partition coefficient (Wildman–Crippen LogP) is 4.97. The molecule has 0 saturated carbocycles. The molecule has 2 aliphatic rings. The first kappa shape index (κ1) is 23.9. The van der Waals surface area contributed by atoms with Crippen molar-refractivity contribution in [2.24, 2.45) is 4.99 Å². The van der Waals surface area contributed by atoms with Crippen LogP contribution in [0.2, 0.25) is 0 Å². The highest BCUT2D eigenvalue weighted by atomic mass is 79.9. The highest BCUT2D eigenvalue weighted by molar-refractivity contribution is 9.52. The van der Waals surface area contributed by atoms with Crippen LogP contribution in [-0.2, 0) is 4.74 Å². The van der Waals surface area contributed by atoms with Gasteiger partial charge in [-0.25, -0.2) is 9.79 Å². The van der Waals surface area contributed by atoms with E-state index in [1.807, 2.05) is 40.9 Å². The maximum absolute atomic E-state index is 12.4. The van der Waals surface area contributed by atoms with Gasteiger partial charge in [-0.2, -0.15) is 0 Å². The molecule has 2 heterocycles. The van der Waals surface area contributed by atoms with Crippen molar-refractivity contribution in [3.8, 4) is 5.75 Å². The number of amides is 1. The molecule has 1 amide bonds. The zero-order valence-corrected chi connectivity index (χ0v) is 22.4. The number of halogens is 1. The number of methoxy groups -OCH3 is 1. The third-order valence-corrected chi connectivity index (χ3v) is 9.14. The number of anilines is 2. The summed E-state index contributed by atoms with van der Waals surface area (Å²) in [6.07, 6.45) is -0.256. The van der Waals surface area contributed by atoms with Gasteiger partial charge in [-0.05, 0) is 59.8 Å². The molecule has 0 radical (unpaired) electrons. The van der Waals surface area contributed by atoms with Gasteiger partial charge in [0.1, 0.15) is 11.4 Å². The summed E-state index contributed by atoms with van der Waals surface area (Å²) in [6, 6.07) is 10.6. The maximum atomic E-state index is 12.4. The van der Waals surface area contributed by atoms with E-state index in [4.69, 9.17) is 14.5 Å². The lowest BCUT2D eigenvalue weighted by molar-refractivity contribution is 0.0240. The van der Waals surface area contributed by atoms with Crippen LogP contribution in [0, 0.1) is 4.51 Å². The summed E-state index contributed by atoms with van der Waals surface area (Å²) in [5.74, 6) is 0.793. The molecule has 0 aliphatic carbocycles. The van der Waals surface area contributed by atoms with Crippen LogP contribution in [0.4, 0.5) is 21.9 Å². The Hall–Kier alpha value is -2.26. The SMILES string of the molecule is COc1cc2c(cc1N1CCN(C(=O)OC(C)(C)C)CC1)S(Br)=c1cc(N(C)C)ccc1=N2. The lowest BCUT2D eigenvalue weighted by Gasteiger charge is -2.37.